The van der Waals surface area contributed by atoms with E-state index >= 15 is 0 Å². The number of β-amino-alcohol motifs (C(OH)–C–C–N with tert-alkyl or cyclic N) is 1. The Morgan fingerprint density at radius 2 is 2.00 bits per heavy atom. The number of likely N-dealkylation sites (tertiary alicyclic amines) is 1. The van der Waals surface area contributed by atoms with Crippen molar-refractivity contribution in [3.8, 4) is 11.5 Å². The number of amides is 1. The van der Waals surface area contributed by atoms with E-state index in [4.69, 9.17) is 9.47 Å². The molecule has 0 saturated carbocycles. The van der Waals surface area contributed by atoms with E-state index in [1.165, 1.54) is 0 Å². The molecule has 2 N–H and O–H groups in total. The monoisotopic (exact) mass is 339 g/mol. The Morgan fingerprint density at radius 3 is 2.78 bits per heavy atom. The second-order valence-electron chi connectivity index (χ2n) is 5.67. The fourth-order valence-corrected chi connectivity index (χ4v) is 3.54. The lowest BCUT2D eigenvalue weighted by Gasteiger charge is -2.33. The van der Waals surface area contributed by atoms with Crippen molar-refractivity contribution in [1.29, 1.82) is 0 Å². The molecular formula is C16H21NO5S. The molecule has 2 aliphatic rings. The minimum atomic E-state index is -0.835. The van der Waals surface area contributed by atoms with Crippen molar-refractivity contribution in [3.05, 3.63) is 18.2 Å². The Bertz CT molecular complexity index is 567. The molecule has 0 aliphatic carbocycles. The number of rotatable bonds is 4. The smallest absolute Gasteiger partial charge is 0.223 e. The van der Waals surface area contributed by atoms with Crippen LogP contribution in [0.5, 0.6) is 11.5 Å². The first kappa shape index (κ1) is 16.4. The van der Waals surface area contributed by atoms with Gasteiger partial charge in [0.2, 0.25) is 5.91 Å². The van der Waals surface area contributed by atoms with Gasteiger partial charge in [0.15, 0.2) is 11.5 Å². The maximum atomic E-state index is 12.1. The number of ether oxygens (including phenoxy) is 2. The number of hydrogen-bond donors (Lipinski definition) is 2. The molecule has 23 heavy (non-hydrogen) atoms. The summed E-state index contributed by atoms with van der Waals surface area (Å²) in [6.07, 6.45) is -0.714. The third-order valence-corrected chi connectivity index (χ3v) is 4.99. The van der Waals surface area contributed by atoms with E-state index in [2.05, 4.69) is 0 Å². The maximum Gasteiger partial charge on any atom is 0.223 e. The van der Waals surface area contributed by atoms with Gasteiger partial charge in [0, 0.05) is 30.2 Å². The minimum Gasteiger partial charge on any atom is -0.486 e. The van der Waals surface area contributed by atoms with Gasteiger partial charge in [0.25, 0.3) is 0 Å². The second-order valence-corrected chi connectivity index (χ2v) is 6.84. The highest BCUT2D eigenvalue weighted by molar-refractivity contribution is 7.99. The van der Waals surface area contributed by atoms with Gasteiger partial charge >= 0.3 is 0 Å². The zero-order chi connectivity index (χ0) is 16.2. The van der Waals surface area contributed by atoms with Crippen LogP contribution in [-0.4, -0.2) is 65.3 Å². The van der Waals surface area contributed by atoms with Crippen LogP contribution >= 0.6 is 11.8 Å². The molecule has 2 aliphatic heterocycles. The number of piperidine rings is 1. The van der Waals surface area contributed by atoms with E-state index in [1.54, 1.807) is 16.7 Å². The second kappa shape index (κ2) is 7.42. The van der Waals surface area contributed by atoms with Crippen molar-refractivity contribution >= 4 is 17.7 Å². The molecule has 0 unspecified atom stereocenters. The van der Waals surface area contributed by atoms with E-state index in [9.17, 15) is 15.0 Å². The number of carbonyl (C=O) groups excluding carboxylic acids is 1. The van der Waals surface area contributed by atoms with Gasteiger partial charge in [0.1, 0.15) is 13.2 Å². The van der Waals surface area contributed by atoms with Crippen LogP contribution in [0.25, 0.3) is 0 Å². The number of nitrogens with zero attached hydrogens (tertiary/aromatic N) is 1. The maximum absolute atomic E-state index is 12.1. The molecule has 0 spiro atoms. The number of hydrogen-bond acceptors (Lipinski definition) is 6. The van der Waals surface area contributed by atoms with Gasteiger partial charge in [0.05, 0.1) is 12.2 Å². The molecule has 1 fully saturated rings. The summed E-state index contributed by atoms with van der Waals surface area (Å²) in [4.78, 5) is 14.8. The molecule has 0 aromatic heterocycles. The normalized spacial score (nSPS) is 23.7. The van der Waals surface area contributed by atoms with Crippen molar-refractivity contribution in [2.45, 2.75) is 29.9 Å². The van der Waals surface area contributed by atoms with Gasteiger partial charge in [-0.1, -0.05) is 0 Å². The fraction of sp³-hybridized carbons (Fsp3) is 0.562. The third kappa shape index (κ3) is 4.10. The number of carbonyl (C=O) groups is 1. The SMILES string of the molecule is O=C(CCSc1ccc2c(c1)OCCO2)N1CC[C@H](O)[C@@H](O)C1. The first-order chi connectivity index (χ1) is 11.1. The highest BCUT2D eigenvalue weighted by atomic mass is 32.2. The molecule has 1 aromatic rings. The zero-order valence-corrected chi connectivity index (χ0v) is 13.6. The lowest BCUT2D eigenvalue weighted by Crippen LogP contribution is -2.49. The van der Waals surface area contributed by atoms with Gasteiger partial charge in [-0.25, -0.2) is 0 Å². The predicted molar refractivity (Wildman–Crippen MR) is 86.0 cm³/mol. The minimum absolute atomic E-state index is 0.0148. The fourth-order valence-electron chi connectivity index (χ4n) is 2.67. The topological polar surface area (TPSA) is 79.2 Å². The van der Waals surface area contributed by atoms with Crippen molar-refractivity contribution in [3.63, 3.8) is 0 Å². The van der Waals surface area contributed by atoms with Crippen LogP contribution in [0.2, 0.25) is 0 Å². The zero-order valence-electron chi connectivity index (χ0n) is 12.8. The molecule has 7 heteroatoms. The number of aliphatic hydroxyl groups excluding tert-OH is 2. The highest BCUT2D eigenvalue weighted by Crippen LogP contribution is 2.34. The first-order valence-corrected chi connectivity index (χ1v) is 8.78. The Balaban J connectivity index is 1.47. The summed E-state index contributed by atoms with van der Waals surface area (Å²) >= 11 is 1.59. The van der Waals surface area contributed by atoms with Crippen molar-refractivity contribution in [1.82, 2.24) is 4.90 Å². The largest absolute Gasteiger partial charge is 0.486 e. The van der Waals surface area contributed by atoms with Gasteiger partial charge < -0.3 is 24.6 Å². The molecule has 6 nitrogen and oxygen atoms in total. The van der Waals surface area contributed by atoms with Crippen LogP contribution in [0.15, 0.2) is 23.1 Å². The van der Waals surface area contributed by atoms with Crippen LogP contribution < -0.4 is 9.47 Å². The molecule has 2 atom stereocenters. The lowest BCUT2D eigenvalue weighted by molar-refractivity contribution is -0.137. The average molecular weight is 339 g/mol. The molecule has 3 rings (SSSR count). The van der Waals surface area contributed by atoms with Gasteiger partial charge in [-0.05, 0) is 24.6 Å². The van der Waals surface area contributed by atoms with Gasteiger partial charge in [-0.2, -0.15) is 0 Å². The summed E-state index contributed by atoms with van der Waals surface area (Å²) < 4.78 is 11.0. The lowest BCUT2D eigenvalue weighted by atomic mass is 10.1. The molecule has 1 aromatic carbocycles. The molecule has 0 bridgehead atoms. The predicted octanol–water partition coefficient (Wildman–Crippen LogP) is 0.894. The van der Waals surface area contributed by atoms with Crippen LogP contribution in [0.3, 0.4) is 0 Å². The highest BCUT2D eigenvalue weighted by Gasteiger charge is 2.28. The quantitative estimate of drug-likeness (QED) is 0.794. The van der Waals surface area contributed by atoms with Gasteiger partial charge in [-0.15, -0.1) is 11.8 Å². The molecule has 126 valence electrons. The standard InChI is InChI=1S/C16H21NO5S/c18-12-3-5-17(10-13(12)19)16(20)4-8-23-11-1-2-14-15(9-11)22-7-6-21-14/h1-2,9,12-13,18-19H,3-8,10H2/t12-,13-/m0/s1. The van der Waals surface area contributed by atoms with Crippen LogP contribution in [0.4, 0.5) is 0 Å². The van der Waals surface area contributed by atoms with Gasteiger partial charge in [-0.3, -0.25) is 4.79 Å². The molecule has 1 amide bonds. The summed E-state index contributed by atoms with van der Waals surface area (Å²) in [5.74, 6) is 2.19. The Kier molecular flexibility index (Phi) is 5.30. The van der Waals surface area contributed by atoms with Crippen LogP contribution in [-0.2, 0) is 4.79 Å². The average Bonchev–Trinajstić information content (AvgIpc) is 2.57. The number of thioether (sulfide) groups is 1. The Hall–Kier alpha value is -1.44. The Morgan fingerprint density at radius 1 is 1.22 bits per heavy atom. The summed E-state index contributed by atoms with van der Waals surface area (Å²) in [6, 6.07) is 5.79. The van der Waals surface area contributed by atoms with Crippen molar-refractivity contribution in [2.24, 2.45) is 0 Å². The molecular weight excluding hydrogens is 318 g/mol. The van der Waals surface area contributed by atoms with Crippen molar-refractivity contribution < 1.29 is 24.5 Å². The third-order valence-electron chi connectivity index (χ3n) is 4.00. The number of fused-ring (bicyclic) bond motifs is 1. The Labute approximate surface area is 139 Å². The molecule has 2 heterocycles. The number of benzene rings is 1. The summed E-state index contributed by atoms with van der Waals surface area (Å²) in [6.45, 7) is 1.85. The van der Waals surface area contributed by atoms with Crippen LogP contribution in [0, 0.1) is 0 Å². The summed E-state index contributed by atoms with van der Waals surface area (Å²) in [7, 11) is 0. The first-order valence-electron chi connectivity index (χ1n) is 7.80. The molecule has 0 radical (unpaired) electrons. The van der Waals surface area contributed by atoms with E-state index < -0.39 is 12.2 Å². The molecule has 1 saturated heterocycles. The van der Waals surface area contributed by atoms with E-state index in [0.29, 0.717) is 38.4 Å². The van der Waals surface area contributed by atoms with E-state index in [0.717, 1.165) is 16.4 Å². The van der Waals surface area contributed by atoms with E-state index in [-0.39, 0.29) is 12.5 Å². The van der Waals surface area contributed by atoms with Crippen molar-refractivity contribution in [2.75, 3.05) is 32.1 Å². The van der Waals surface area contributed by atoms with Crippen LogP contribution in [0.1, 0.15) is 12.8 Å². The summed E-state index contributed by atoms with van der Waals surface area (Å²) in [5, 5.41) is 19.1. The van der Waals surface area contributed by atoms with E-state index in [1.807, 2.05) is 18.2 Å². The summed E-state index contributed by atoms with van der Waals surface area (Å²) in [5.41, 5.74) is 0. The number of aliphatic hydroxyl groups is 2.